The summed E-state index contributed by atoms with van der Waals surface area (Å²) in [7, 11) is 0. The Morgan fingerprint density at radius 2 is 1.82 bits per heavy atom. The molecule has 0 saturated heterocycles. The average molecular weight is 158 g/mol. The lowest BCUT2D eigenvalue weighted by Gasteiger charge is -2.14. The molecule has 0 unspecified atom stereocenters. The van der Waals surface area contributed by atoms with Crippen LogP contribution < -0.4 is 0 Å². The van der Waals surface area contributed by atoms with Crippen molar-refractivity contribution in [2.45, 2.75) is 26.9 Å². The number of aldehydes is 1. The van der Waals surface area contributed by atoms with Gasteiger partial charge in [-0.1, -0.05) is 13.8 Å². The van der Waals surface area contributed by atoms with E-state index in [9.17, 15) is 14.7 Å². The van der Waals surface area contributed by atoms with Crippen LogP contribution in [0.25, 0.3) is 0 Å². The van der Waals surface area contributed by atoms with Gasteiger partial charge in [-0.25, -0.2) is 0 Å². The van der Waals surface area contributed by atoms with E-state index in [2.05, 4.69) is 0 Å². The third kappa shape index (κ3) is 2.80. The summed E-state index contributed by atoms with van der Waals surface area (Å²) in [4.78, 5) is 21.2. The second-order valence-corrected chi connectivity index (χ2v) is 3.02. The number of carbonyl (C=O) groups is 2. The Labute approximate surface area is 66.4 Å². The van der Waals surface area contributed by atoms with Crippen molar-refractivity contribution < 1.29 is 14.7 Å². The molecule has 0 fully saturated rings. The zero-order chi connectivity index (χ0) is 9.02. The molecular formula is C8H14O3. The summed E-state index contributed by atoms with van der Waals surface area (Å²) in [5.74, 6) is -1.20. The first-order valence-electron chi connectivity index (χ1n) is 3.67. The Bertz CT molecular complexity index is 151. The molecule has 1 N–H and O–H groups in total. The van der Waals surface area contributed by atoms with E-state index >= 15 is 0 Å². The minimum atomic E-state index is -1.00. The van der Waals surface area contributed by atoms with Crippen molar-refractivity contribution in [1.82, 2.24) is 0 Å². The van der Waals surface area contributed by atoms with E-state index in [-0.39, 0.29) is 5.92 Å². The van der Waals surface area contributed by atoms with Crippen LogP contribution in [-0.4, -0.2) is 23.3 Å². The van der Waals surface area contributed by atoms with Crippen LogP contribution >= 0.6 is 0 Å². The zero-order valence-corrected chi connectivity index (χ0v) is 7.07. The van der Waals surface area contributed by atoms with Crippen LogP contribution in [0.4, 0.5) is 0 Å². The maximum absolute atomic E-state index is 11.0. The molecule has 0 aromatic rings. The summed E-state index contributed by atoms with van der Waals surface area (Å²) >= 11 is 0. The number of rotatable bonds is 4. The van der Waals surface area contributed by atoms with Crippen LogP contribution in [0.3, 0.4) is 0 Å². The highest BCUT2D eigenvalue weighted by molar-refractivity contribution is 5.95. The predicted octanol–water partition coefficient (Wildman–Crippen LogP) is 0.407. The summed E-state index contributed by atoms with van der Waals surface area (Å²) in [6.07, 6.45) is -0.455. The average Bonchev–Trinajstić information content (AvgIpc) is 2.00. The van der Waals surface area contributed by atoms with Crippen LogP contribution in [0.1, 0.15) is 20.8 Å². The Morgan fingerprint density at radius 1 is 1.36 bits per heavy atom. The zero-order valence-electron chi connectivity index (χ0n) is 7.07. The Morgan fingerprint density at radius 3 is 2.09 bits per heavy atom. The van der Waals surface area contributed by atoms with E-state index < -0.39 is 17.8 Å². The monoisotopic (exact) mass is 158 g/mol. The molecule has 0 aliphatic carbocycles. The van der Waals surface area contributed by atoms with Crippen LogP contribution in [-0.2, 0) is 9.59 Å². The first kappa shape index (κ1) is 10.3. The van der Waals surface area contributed by atoms with Gasteiger partial charge in [0.1, 0.15) is 12.4 Å². The normalized spacial score (nSPS) is 16.1. The fourth-order valence-electron chi connectivity index (χ4n) is 0.665. The van der Waals surface area contributed by atoms with Gasteiger partial charge in [-0.05, 0) is 12.8 Å². The Hall–Kier alpha value is -0.700. The summed E-state index contributed by atoms with van der Waals surface area (Å²) in [5.41, 5.74) is 0. The lowest BCUT2D eigenvalue weighted by molar-refractivity contribution is -0.135. The molecule has 0 saturated carbocycles. The molecule has 0 bridgehead atoms. The van der Waals surface area contributed by atoms with Gasteiger partial charge in [0.2, 0.25) is 0 Å². The number of aliphatic hydroxyl groups is 1. The van der Waals surface area contributed by atoms with Crippen molar-refractivity contribution in [2.75, 3.05) is 0 Å². The van der Waals surface area contributed by atoms with Gasteiger partial charge in [0.05, 0.1) is 5.92 Å². The molecule has 0 radical (unpaired) electrons. The highest BCUT2D eigenvalue weighted by Gasteiger charge is 2.23. The van der Waals surface area contributed by atoms with E-state index in [1.165, 1.54) is 6.92 Å². The molecule has 0 aliphatic rings. The van der Waals surface area contributed by atoms with Crippen molar-refractivity contribution in [3.05, 3.63) is 0 Å². The largest absolute Gasteiger partial charge is 0.385 e. The minimum Gasteiger partial charge on any atom is -0.385 e. The summed E-state index contributed by atoms with van der Waals surface area (Å²) in [5, 5.41) is 9.19. The molecule has 2 atom stereocenters. The van der Waals surface area contributed by atoms with E-state index in [4.69, 9.17) is 0 Å². The fraction of sp³-hybridized carbons (Fsp3) is 0.750. The number of aliphatic hydroxyl groups excluding tert-OH is 1. The SMILES string of the molecule is CC(C)[C@H](O)C(=O)[C@H](C)C=O. The molecule has 0 aliphatic heterocycles. The van der Waals surface area contributed by atoms with Crippen LogP contribution in [0.2, 0.25) is 0 Å². The highest BCUT2D eigenvalue weighted by Crippen LogP contribution is 2.07. The van der Waals surface area contributed by atoms with Gasteiger partial charge in [0.25, 0.3) is 0 Å². The van der Waals surface area contributed by atoms with Crippen molar-refractivity contribution in [1.29, 1.82) is 0 Å². The van der Waals surface area contributed by atoms with Crippen molar-refractivity contribution in [2.24, 2.45) is 11.8 Å². The van der Waals surface area contributed by atoms with Gasteiger partial charge >= 0.3 is 0 Å². The van der Waals surface area contributed by atoms with Crippen LogP contribution in [0.5, 0.6) is 0 Å². The Balaban J connectivity index is 4.12. The molecule has 0 rings (SSSR count). The Kier molecular flexibility index (Phi) is 3.97. The molecular weight excluding hydrogens is 144 g/mol. The van der Waals surface area contributed by atoms with Gasteiger partial charge in [-0.15, -0.1) is 0 Å². The predicted molar refractivity (Wildman–Crippen MR) is 41.1 cm³/mol. The second-order valence-electron chi connectivity index (χ2n) is 3.02. The lowest BCUT2D eigenvalue weighted by atomic mass is 9.96. The molecule has 3 nitrogen and oxygen atoms in total. The van der Waals surface area contributed by atoms with Crippen molar-refractivity contribution >= 4 is 12.1 Å². The summed E-state index contributed by atoms with van der Waals surface area (Å²) < 4.78 is 0. The molecule has 0 amide bonds. The number of hydrogen-bond donors (Lipinski definition) is 1. The number of ketones is 1. The fourth-order valence-corrected chi connectivity index (χ4v) is 0.665. The molecule has 64 valence electrons. The summed E-state index contributed by atoms with van der Waals surface area (Å²) in [6, 6.07) is 0. The third-order valence-corrected chi connectivity index (χ3v) is 1.58. The van der Waals surface area contributed by atoms with E-state index in [1.807, 2.05) is 0 Å². The maximum Gasteiger partial charge on any atom is 0.171 e. The molecule has 3 heteroatoms. The van der Waals surface area contributed by atoms with Gasteiger partial charge in [0.15, 0.2) is 5.78 Å². The quantitative estimate of drug-likeness (QED) is 0.476. The first-order chi connectivity index (χ1) is 5.00. The molecule has 0 spiro atoms. The minimum absolute atomic E-state index is 0.120. The van der Waals surface area contributed by atoms with Gasteiger partial charge in [0, 0.05) is 0 Å². The number of carbonyl (C=O) groups excluding carboxylic acids is 2. The van der Waals surface area contributed by atoms with Gasteiger partial charge < -0.3 is 9.90 Å². The van der Waals surface area contributed by atoms with Crippen LogP contribution in [0, 0.1) is 11.8 Å². The second kappa shape index (κ2) is 4.23. The van der Waals surface area contributed by atoms with Gasteiger partial charge in [-0.3, -0.25) is 4.79 Å². The molecule has 0 heterocycles. The van der Waals surface area contributed by atoms with E-state index in [0.29, 0.717) is 6.29 Å². The van der Waals surface area contributed by atoms with Gasteiger partial charge in [-0.2, -0.15) is 0 Å². The topological polar surface area (TPSA) is 54.4 Å². The molecule has 11 heavy (non-hydrogen) atoms. The van der Waals surface area contributed by atoms with Crippen molar-refractivity contribution in [3.63, 3.8) is 0 Å². The van der Waals surface area contributed by atoms with Crippen molar-refractivity contribution in [3.8, 4) is 0 Å². The van der Waals surface area contributed by atoms with E-state index in [1.54, 1.807) is 13.8 Å². The molecule has 0 aromatic heterocycles. The number of hydrogen-bond acceptors (Lipinski definition) is 3. The lowest BCUT2D eigenvalue weighted by Crippen LogP contribution is -2.31. The third-order valence-electron chi connectivity index (χ3n) is 1.58. The maximum atomic E-state index is 11.0. The van der Waals surface area contributed by atoms with E-state index in [0.717, 1.165) is 0 Å². The number of Topliss-reactive ketones (excluding diaryl/α,β-unsaturated/α-hetero) is 1. The molecule has 0 aromatic carbocycles. The first-order valence-corrected chi connectivity index (χ1v) is 3.67. The highest BCUT2D eigenvalue weighted by atomic mass is 16.3. The smallest absolute Gasteiger partial charge is 0.171 e. The standard InChI is InChI=1S/C8H14O3/c1-5(2)7(10)8(11)6(3)4-9/h4-7,10H,1-3H3/t6-,7+/m1/s1. The summed E-state index contributed by atoms with van der Waals surface area (Å²) in [6.45, 7) is 4.96. The van der Waals surface area contributed by atoms with Crippen LogP contribution in [0.15, 0.2) is 0 Å².